The zero-order chi connectivity index (χ0) is 4.50. The van der Waals surface area contributed by atoms with Gasteiger partial charge in [-0.15, -0.1) is 0 Å². The van der Waals surface area contributed by atoms with Crippen LogP contribution in [0.5, 0.6) is 0 Å². The summed E-state index contributed by atoms with van der Waals surface area (Å²) in [4.78, 5) is 0. The molecule has 0 unspecified atom stereocenters. The van der Waals surface area contributed by atoms with Gasteiger partial charge in [-0.3, -0.25) is 9.11 Å². The SMILES string of the molecule is N.O=S(=O)(O)O.[Fe].[Fe]. The summed E-state index contributed by atoms with van der Waals surface area (Å²) in [5, 5.41) is 0. The molecule has 0 rings (SSSR count). The smallest absolute Gasteiger partial charge is 0.344 e. The van der Waals surface area contributed by atoms with Gasteiger partial charge in [0.25, 0.3) is 0 Å². The molecule has 0 saturated heterocycles. The molecule has 0 amide bonds. The van der Waals surface area contributed by atoms with Crippen molar-refractivity contribution in [3.8, 4) is 0 Å². The van der Waals surface area contributed by atoms with Crippen LogP contribution in [0.3, 0.4) is 0 Å². The normalized spacial score (nSPS) is 7.25. The van der Waals surface area contributed by atoms with Crippen molar-refractivity contribution in [3.63, 3.8) is 0 Å². The van der Waals surface area contributed by atoms with E-state index in [-0.39, 0.29) is 40.3 Å². The third kappa shape index (κ3) is 313. The summed E-state index contributed by atoms with van der Waals surface area (Å²) in [6.45, 7) is 0. The van der Waals surface area contributed by atoms with Crippen molar-refractivity contribution in [1.29, 1.82) is 0 Å². The van der Waals surface area contributed by atoms with Crippen LogP contribution < -0.4 is 6.15 Å². The van der Waals surface area contributed by atoms with Crippen LogP contribution in [0.15, 0.2) is 0 Å². The zero-order valence-electron chi connectivity index (χ0n) is 3.53. The summed E-state index contributed by atoms with van der Waals surface area (Å²) >= 11 is 0. The Bertz CT molecular complexity index is 97.2. The van der Waals surface area contributed by atoms with E-state index in [1.807, 2.05) is 0 Å². The van der Waals surface area contributed by atoms with Crippen LogP contribution in [0.25, 0.3) is 0 Å². The maximum atomic E-state index is 8.74. The Morgan fingerprint density at radius 2 is 1.00 bits per heavy atom. The van der Waals surface area contributed by atoms with Gasteiger partial charge >= 0.3 is 10.4 Å². The molecule has 5 nitrogen and oxygen atoms in total. The molecule has 0 saturated carbocycles. The Hall–Kier alpha value is 0.869. The van der Waals surface area contributed by atoms with Gasteiger partial charge in [0, 0.05) is 34.1 Å². The van der Waals surface area contributed by atoms with Gasteiger partial charge in [-0.1, -0.05) is 0 Å². The monoisotopic (exact) mass is 227 g/mol. The molecule has 0 aromatic rings. The third-order valence-corrected chi connectivity index (χ3v) is 0. The average molecular weight is 227 g/mol. The molecule has 0 radical (unpaired) electrons. The Morgan fingerprint density at radius 1 is 1.00 bits per heavy atom. The summed E-state index contributed by atoms with van der Waals surface area (Å²) in [6, 6.07) is 0. The first kappa shape index (κ1) is 23.2. The molecular weight excluding hydrogens is 222 g/mol. The van der Waals surface area contributed by atoms with Gasteiger partial charge < -0.3 is 6.15 Å². The predicted octanol–water partition coefficient (Wildman–Crippen LogP) is -0.496. The van der Waals surface area contributed by atoms with Crippen LogP contribution in [0.4, 0.5) is 0 Å². The van der Waals surface area contributed by atoms with Crippen LogP contribution in [-0.4, -0.2) is 17.5 Å². The van der Waals surface area contributed by atoms with Gasteiger partial charge in [0.2, 0.25) is 0 Å². The first-order valence-corrected chi connectivity index (χ1v) is 2.10. The van der Waals surface area contributed by atoms with E-state index in [1.54, 1.807) is 0 Å². The Kier molecular flexibility index (Phi) is 22.8. The fourth-order valence-electron chi connectivity index (χ4n) is 0. The molecule has 0 heterocycles. The van der Waals surface area contributed by atoms with Gasteiger partial charge in [0.05, 0.1) is 0 Å². The maximum absolute atomic E-state index is 8.74. The van der Waals surface area contributed by atoms with Crippen molar-refractivity contribution < 1.29 is 51.7 Å². The van der Waals surface area contributed by atoms with Crippen LogP contribution >= 0.6 is 0 Å². The van der Waals surface area contributed by atoms with Gasteiger partial charge in [-0.2, -0.15) is 8.42 Å². The van der Waals surface area contributed by atoms with Crippen molar-refractivity contribution in [1.82, 2.24) is 6.15 Å². The fourth-order valence-corrected chi connectivity index (χ4v) is 0. The van der Waals surface area contributed by atoms with Crippen LogP contribution in [0.2, 0.25) is 0 Å². The minimum absolute atomic E-state index is 0. The van der Waals surface area contributed by atoms with Crippen molar-refractivity contribution in [2.24, 2.45) is 0 Å². The van der Waals surface area contributed by atoms with Gasteiger partial charge in [0.1, 0.15) is 0 Å². The summed E-state index contributed by atoms with van der Waals surface area (Å²) < 4.78 is 31.6. The van der Waals surface area contributed by atoms with Crippen LogP contribution in [-0.2, 0) is 44.5 Å². The first-order chi connectivity index (χ1) is 2.00. The van der Waals surface area contributed by atoms with E-state index >= 15 is 0 Å². The second-order valence-electron chi connectivity index (χ2n) is 0.448. The molecule has 8 heteroatoms. The first-order valence-electron chi connectivity index (χ1n) is 0.698. The van der Waals surface area contributed by atoms with Gasteiger partial charge in [-0.25, -0.2) is 0 Å². The maximum Gasteiger partial charge on any atom is 0.394 e. The summed E-state index contributed by atoms with van der Waals surface area (Å²) in [6.07, 6.45) is 0. The number of hydrogen-bond acceptors (Lipinski definition) is 3. The molecule has 0 bridgehead atoms. The molecular formula is H5Fe2NO4S. The second-order valence-corrected chi connectivity index (χ2v) is 1.34. The third-order valence-electron chi connectivity index (χ3n) is 0. The number of rotatable bonds is 0. The van der Waals surface area contributed by atoms with Crippen molar-refractivity contribution in [3.05, 3.63) is 0 Å². The summed E-state index contributed by atoms with van der Waals surface area (Å²) in [5.74, 6) is 0. The van der Waals surface area contributed by atoms with Gasteiger partial charge in [-0.05, 0) is 0 Å². The van der Waals surface area contributed by atoms with E-state index in [9.17, 15) is 0 Å². The molecule has 0 fully saturated rings. The van der Waals surface area contributed by atoms with Crippen LogP contribution in [0, 0.1) is 0 Å². The largest absolute Gasteiger partial charge is 0.394 e. The molecule has 0 aromatic heterocycles. The Labute approximate surface area is 68.3 Å². The Balaban J connectivity index is -0.0000000267. The zero-order valence-corrected chi connectivity index (χ0v) is 6.56. The molecule has 0 spiro atoms. The minimum atomic E-state index is -4.67. The molecule has 0 aliphatic rings. The van der Waals surface area contributed by atoms with E-state index in [2.05, 4.69) is 0 Å². The fraction of sp³-hybridized carbons (Fsp3) is 0. The number of hydrogen-bond donors (Lipinski definition) is 3. The average Bonchev–Trinajstić information content (AvgIpc) is 0.722. The molecule has 0 aliphatic heterocycles. The van der Waals surface area contributed by atoms with E-state index in [4.69, 9.17) is 17.5 Å². The van der Waals surface area contributed by atoms with Gasteiger partial charge in [0.15, 0.2) is 0 Å². The van der Waals surface area contributed by atoms with Crippen molar-refractivity contribution >= 4 is 10.4 Å². The summed E-state index contributed by atoms with van der Waals surface area (Å²) in [5.41, 5.74) is 0. The minimum Gasteiger partial charge on any atom is -0.344 e. The van der Waals surface area contributed by atoms with Crippen LogP contribution in [0.1, 0.15) is 0 Å². The molecule has 8 heavy (non-hydrogen) atoms. The van der Waals surface area contributed by atoms with E-state index < -0.39 is 10.4 Å². The molecule has 0 aliphatic carbocycles. The second kappa shape index (κ2) is 7.87. The van der Waals surface area contributed by atoms with Crippen molar-refractivity contribution in [2.75, 3.05) is 0 Å². The van der Waals surface area contributed by atoms with E-state index in [1.165, 1.54) is 0 Å². The van der Waals surface area contributed by atoms with E-state index in [0.29, 0.717) is 0 Å². The van der Waals surface area contributed by atoms with E-state index in [0.717, 1.165) is 0 Å². The molecule has 0 atom stereocenters. The molecule has 0 aromatic carbocycles. The Morgan fingerprint density at radius 3 is 1.00 bits per heavy atom. The molecule has 56 valence electrons. The van der Waals surface area contributed by atoms with Crippen molar-refractivity contribution in [2.45, 2.75) is 0 Å². The predicted molar refractivity (Wildman–Crippen MR) is 19.2 cm³/mol. The molecule has 5 N–H and O–H groups in total. The standard InChI is InChI=1S/2Fe.H3N.H2O4S/c;;;1-5(2,3)4/h;;1H3;(H2,1,2,3,4). The topological polar surface area (TPSA) is 110 Å². The summed E-state index contributed by atoms with van der Waals surface area (Å²) in [7, 11) is -4.67. The quantitative estimate of drug-likeness (QED) is 0.381.